The number of hydrogen-bond acceptors (Lipinski definition) is 7. The SMILES string of the molecule is CCOC(=O)C(NC(=O)c1cc(OC)cs1)C(=O)OCC. The topological polar surface area (TPSA) is 90.9 Å². The summed E-state index contributed by atoms with van der Waals surface area (Å²) in [7, 11) is 1.48. The van der Waals surface area contributed by atoms with Crippen molar-refractivity contribution in [2.45, 2.75) is 19.9 Å². The standard InChI is InChI=1S/C13H17NO6S/c1-4-19-12(16)10(13(17)20-5-2)14-11(15)9-6-8(18-3)7-21-9/h6-7,10H,4-5H2,1-3H3,(H,14,15). The lowest BCUT2D eigenvalue weighted by Crippen LogP contribution is -2.48. The number of carbonyl (C=O) groups is 3. The first-order valence-corrected chi connectivity index (χ1v) is 7.18. The summed E-state index contributed by atoms with van der Waals surface area (Å²) in [6.07, 6.45) is 0. The highest BCUT2D eigenvalue weighted by Crippen LogP contribution is 2.21. The van der Waals surface area contributed by atoms with E-state index in [2.05, 4.69) is 5.32 Å². The van der Waals surface area contributed by atoms with Gasteiger partial charge >= 0.3 is 11.9 Å². The zero-order valence-corrected chi connectivity index (χ0v) is 12.8. The molecule has 7 nitrogen and oxygen atoms in total. The van der Waals surface area contributed by atoms with E-state index >= 15 is 0 Å². The van der Waals surface area contributed by atoms with E-state index in [0.29, 0.717) is 10.6 Å². The molecule has 0 aliphatic carbocycles. The van der Waals surface area contributed by atoms with Crippen LogP contribution in [0, 0.1) is 0 Å². The van der Waals surface area contributed by atoms with Crippen LogP contribution in [0.5, 0.6) is 5.75 Å². The third-order valence-corrected chi connectivity index (χ3v) is 3.26. The van der Waals surface area contributed by atoms with Gasteiger partial charge in [0, 0.05) is 11.4 Å². The molecule has 0 spiro atoms. The molecule has 1 heterocycles. The van der Waals surface area contributed by atoms with Gasteiger partial charge in [0.1, 0.15) is 5.75 Å². The fourth-order valence-corrected chi connectivity index (χ4v) is 2.17. The minimum atomic E-state index is -1.48. The Balaban J connectivity index is 2.81. The van der Waals surface area contributed by atoms with Crippen molar-refractivity contribution in [2.24, 2.45) is 0 Å². The molecule has 1 aromatic heterocycles. The molecule has 0 saturated carbocycles. The Morgan fingerprint density at radius 2 is 1.76 bits per heavy atom. The summed E-state index contributed by atoms with van der Waals surface area (Å²) in [5.74, 6) is -1.76. The molecule has 0 unspecified atom stereocenters. The summed E-state index contributed by atoms with van der Waals surface area (Å²) >= 11 is 1.13. The summed E-state index contributed by atoms with van der Waals surface area (Å²) in [4.78, 5) is 35.8. The number of hydrogen-bond donors (Lipinski definition) is 1. The number of nitrogens with one attached hydrogen (secondary N) is 1. The average Bonchev–Trinajstić information content (AvgIpc) is 2.93. The van der Waals surface area contributed by atoms with Gasteiger partial charge in [0.05, 0.1) is 25.2 Å². The van der Waals surface area contributed by atoms with Crippen LogP contribution in [0.1, 0.15) is 23.5 Å². The second-order valence-corrected chi connectivity index (χ2v) is 4.67. The summed E-state index contributed by atoms with van der Waals surface area (Å²) in [6, 6.07) is 0.0263. The van der Waals surface area contributed by atoms with Gasteiger partial charge < -0.3 is 19.5 Å². The normalized spacial score (nSPS) is 10.1. The molecule has 116 valence electrons. The number of thiophene rings is 1. The van der Waals surface area contributed by atoms with Crippen LogP contribution in [0.2, 0.25) is 0 Å². The quantitative estimate of drug-likeness (QED) is 0.596. The zero-order valence-electron chi connectivity index (χ0n) is 12.0. The molecule has 0 saturated heterocycles. The smallest absolute Gasteiger partial charge is 0.340 e. The van der Waals surface area contributed by atoms with Crippen molar-refractivity contribution in [1.29, 1.82) is 0 Å². The number of rotatable bonds is 7. The van der Waals surface area contributed by atoms with E-state index in [1.165, 1.54) is 13.2 Å². The molecule has 1 N–H and O–H groups in total. The molecule has 1 aromatic rings. The van der Waals surface area contributed by atoms with Gasteiger partial charge in [-0.3, -0.25) is 4.79 Å². The van der Waals surface area contributed by atoms with Crippen molar-refractivity contribution in [3.05, 3.63) is 16.3 Å². The fourth-order valence-electron chi connectivity index (χ4n) is 1.41. The number of esters is 2. The molecule has 0 bridgehead atoms. The van der Waals surface area contributed by atoms with Gasteiger partial charge in [0.2, 0.25) is 6.04 Å². The first-order chi connectivity index (χ1) is 10.0. The lowest BCUT2D eigenvalue weighted by atomic mass is 10.3. The van der Waals surface area contributed by atoms with E-state index in [4.69, 9.17) is 14.2 Å². The molecule has 1 rings (SSSR count). The van der Waals surface area contributed by atoms with E-state index in [1.807, 2.05) is 0 Å². The predicted molar refractivity (Wildman–Crippen MR) is 75.4 cm³/mol. The zero-order chi connectivity index (χ0) is 15.8. The van der Waals surface area contributed by atoms with Crippen molar-refractivity contribution in [1.82, 2.24) is 5.32 Å². The van der Waals surface area contributed by atoms with Crippen molar-refractivity contribution in [2.75, 3.05) is 20.3 Å². The first-order valence-electron chi connectivity index (χ1n) is 6.30. The predicted octanol–water partition coefficient (Wildman–Crippen LogP) is 0.981. The van der Waals surface area contributed by atoms with Crippen LogP contribution in [0.25, 0.3) is 0 Å². The van der Waals surface area contributed by atoms with E-state index < -0.39 is 23.9 Å². The van der Waals surface area contributed by atoms with Crippen molar-refractivity contribution in [3.63, 3.8) is 0 Å². The van der Waals surface area contributed by atoms with Gasteiger partial charge in [0.25, 0.3) is 5.91 Å². The average molecular weight is 315 g/mol. The maximum Gasteiger partial charge on any atom is 0.340 e. The molecule has 0 fully saturated rings. The summed E-state index contributed by atoms with van der Waals surface area (Å²) in [5, 5.41) is 3.94. The summed E-state index contributed by atoms with van der Waals surface area (Å²) in [6.45, 7) is 3.40. The Labute approximate surface area is 126 Å². The minimum Gasteiger partial charge on any atom is -0.496 e. The lowest BCUT2D eigenvalue weighted by Gasteiger charge is -2.15. The van der Waals surface area contributed by atoms with Gasteiger partial charge in [-0.25, -0.2) is 9.59 Å². The van der Waals surface area contributed by atoms with Crippen LogP contribution in [0.15, 0.2) is 11.4 Å². The maximum absolute atomic E-state index is 12.0. The number of methoxy groups -OCH3 is 1. The Morgan fingerprint density at radius 3 is 2.19 bits per heavy atom. The first kappa shape index (κ1) is 17.0. The maximum atomic E-state index is 12.0. The monoisotopic (exact) mass is 315 g/mol. The highest BCUT2D eigenvalue weighted by atomic mass is 32.1. The second kappa shape index (κ2) is 8.25. The fraction of sp³-hybridized carbons (Fsp3) is 0.462. The molecule has 1 amide bonds. The van der Waals surface area contributed by atoms with Gasteiger partial charge in [-0.1, -0.05) is 0 Å². The van der Waals surface area contributed by atoms with Crippen molar-refractivity contribution >= 4 is 29.2 Å². The Hall–Kier alpha value is -2.09. The van der Waals surface area contributed by atoms with Crippen LogP contribution in [-0.4, -0.2) is 44.2 Å². The molecule has 0 radical (unpaired) electrons. The molecule has 0 aliphatic heterocycles. The Kier molecular flexibility index (Phi) is 6.67. The molecule has 0 atom stereocenters. The summed E-state index contributed by atoms with van der Waals surface area (Å²) < 4.78 is 14.5. The molecular weight excluding hydrogens is 298 g/mol. The van der Waals surface area contributed by atoms with Crippen molar-refractivity contribution in [3.8, 4) is 5.75 Å². The van der Waals surface area contributed by atoms with Gasteiger partial charge in [0.15, 0.2) is 0 Å². The lowest BCUT2D eigenvalue weighted by molar-refractivity contribution is -0.157. The van der Waals surface area contributed by atoms with Crippen LogP contribution in [-0.2, 0) is 19.1 Å². The number of ether oxygens (including phenoxy) is 3. The largest absolute Gasteiger partial charge is 0.496 e. The third kappa shape index (κ3) is 4.75. The van der Waals surface area contributed by atoms with Crippen LogP contribution in [0.4, 0.5) is 0 Å². The molecule has 0 aromatic carbocycles. The molecule has 21 heavy (non-hydrogen) atoms. The van der Waals surface area contributed by atoms with E-state index in [1.54, 1.807) is 19.2 Å². The minimum absolute atomic E-state index is 0.0947. The van der Waals surface area contributed by atoms with E-state index in [9.17, 15) is 14.4 Å². The van der Waals surface area contributed by atoms with Gasteiger partial charge in [-0.2, -0.15) is 0 Å². The Bertz CT molecular complexity index is 495. The molecule has 8 heteroatoms. The molecule has 0 aliphatic rings. The highest BCUT2D eigenvalue weighted by molar-refractivity contribution is 7.12. The van der Waals surface area contributed by atoms with Gasteiger partial charge in [-0.15, -0.1) is 11.3 Å². The van der Waals surface area contributed by atoms with Gasteiger partial charge in [-0.05, 0) is 13.8 Å². The highest BCUT2D eigenvalue weighted by Gasteiger charge is 2.31. The Morgan fingerprint density at radius 1 is 1.19 bits per heavy atom. The molecular formula is C13H17NO6S. The van der Waals surface area contributed by atoms with Crippen molar-refractivity contribution < 1.29 is 28.6 Å². The van der Waals surface area contributed by atoms with Crippen LogP contribution in [0.3, 0.4) is 0 Å². The second-order valence-electron chi connectivity index (χ2n) is 3.76. The van der Waals surface area contributed by atoms with E-state index in [-0.39, 0.29) is 13.2 Å². The number of amides is 1. The number of carbonyl (C=O) groups excluding carboxylic acids is 3. The third-order valence-electron chi connectivity index (χ3n) is 2.35. The van der Waals surface area contributed by atoms with Crippen LogP contribution >= 0.6 is 11.3 Å². The van der Waals surface area contributed by atoms with E-state index in [0.717, 1.165) is 11.3 Å². The van der Waals surface area contributed by atoms with Crippen LogP contribution < -0.4 is 10.1 Å². The summed E-state index contributed by atoms with van der Waals surface area (Å²) in [5.41, 5.74) is 0.